The van der Waals surface area contributed by atoms with E-state index in [1.165, 1.54) is 13.1 Å². The molecule has 2 heterocycles. The third kappa shape index (κ3) is 3.98. The molecule has 0 fully saturated rings. The van der Waals surface area contributed by atoms with Gasteiger partial charge < -0.3 is 10.1 Å². The lowest BCUT2D eigenvalue weighted by atomic mass is 10.1. The fourth-order valence-electron chi connectivity index (χ4n) is 2.90. The molecule has 0 spiro atoms. The molecule has 0 radical (unpaired) electrons. The van der Waals surface area contributed by atoms with Crippen molar-refractivity contribution >= 4 is 28.3 Å². The summed E-state index contributed by atoms with van der Waals surface area (Å²) < 4.78 is 6.88. The highest BCUT2D eigenvalue weighted by atomic mass is 16.5. The van der Waals surface area contributed by atoms with Gasteiger partial charge in [-0.25, -0.2) is 14.5 Å². The van der Waals surface area contributed by atoms with E-state index in [4.69, 9.17) is 4.74 Å². The first-order valence-electron chi connectivity index (χ1n) is 9.07. The Bertz CT molecular complexity index is 1150. The maximum atomic E-state index is 12.5. The largest absolute Gasteiger partial charge is 0.449 e. The predicted octanol–water partition coefficient (Wildman–Crippen LogP) is 3.60. The Morgan fingerprint density at radius 1 is 1.03 bits per heavy atom. The van der Waals surface area contributed by atoms with E-state index in [1.807, 2.05) is 42.5 Å². The van der Waals surface area contributed by atoms with Gasteiger partial charge in [0, 0.05) is 29.7 Å². The van der Waals surface area contributed by atoms with E-state index in [2.05, 4.69) is 15.4 Å². The molecule has 2 aromatic heterocycles. The van der Waals surface area contributed by atoms with Crippen molar-refractivity contribution in [1.29, 1.82) is 0 Å². The molecule has 0 aliphatic rings. The van der Waals surface area contributed by atoms with E-state index in [9.17, 15) is 9.59 Å². The normalized spacial score (nSPS) is 11.8. The zero-order chi connectivity index (χ0) is 20.2. The van der Waals surface area contributed by atoms with E-state index in [-0.39, 0.29) is 5.56 Å². The average molecular weight is 386 g/mol. The maximum absolute atomic E-state index is 12.5. The standard InChI is InChI=1S/C22H18N4O3/c1-15(21(27)25-19-9-4-7-16-6-2-3-8-18(16)19)29-22(28)17-10-11-20(23-14-17)26-13-5-12-24-26/h2-15H,1H3,(H,25,27). The monoisotopic (exact) mass is 386 g/mol. The summed E-state index contributed by atoms with van der Waals surface area (Å²) in [7, 11) is 0. The summed E-state index contributed by atoms with van der Waals surface area (Å²) in [5.41, 5.74) is 0.923. The molecule has 1 unspecified atom stereocenters. The first-order chi connectivity index (χ1) is 14.1. The molecule has 144 valence electrons. The van der Waals surface area contributed by atoms with Gasteiger partial charge in [0.15, 0.2) is 11.9 Å². The maximum Gasteiger partial charge on any atom is 0.340 e. The van der Waals surface area contributed by atoms with Crippen LogP contribution in [0.1, 0.15) is 17.3 Å². The minimum atomic E-state index is -0.965. The molecule has 4 aromatic rings. The van der Waals surface area contributed by atoms with E-state index in [0.29, 0.717) is 11.5 Å². The molecule has 7 heteroatoms. The Morgan fingerprint density at radius 2 is 1.86 bits per heavy atom. The number of rotatable bonds is 5. The van der Waals surface area contributed by atoms with Crippen LogP contribution in [0.3, 0.4) is 0 Å². The Labute approximate surface area is 167 Å². The van der Waals surface area contributed by atoms with Gasteiger partial charge in [0.1, 0.15) is 0 Å². The molecule has 0 aliphatic carbocycles. The molecule has 1 amide bonds. The van der Waals surface area contributed by atoms with Crippen molar-refractivity contribution in [2.75, 3.05) is 5.32 Å². The minimum Gasteiger partial charge on any atom is -0.449 e. The third-order valence-electron chi connectivity index (χ3n) is 4.42. The number of benzene rings is 2. The van der Waals surface area contributed by atoms with Gasteiger partial charge in [0.2, 0.25) is 0 Å². The van der Waals surface area contributed by atoms with Gasteiger partial charge in [-0.2, -0.15) is 5.10 Å². The number of ether oxygens (including phenoxy) is 1. The van der Waals surface area contributed by atoms with Crippen LogP contribution in [0.2, 0.25) is 0 Å². The fourth-order valence-corrected chi connectivity index (χ4v) is 2.90. The van der Waals surface area contributed by atoms with Crippen LogP contribution in [0.4, 0.5) is 5.69 Å². The topological polar surface area (TPSA) is 86.1 Å². The molecular weight excluding hydrogens is 368 g/mol. The van der Waals surface area contributed by atoms with Crippen molar-refractivity contribution in [3.8, 4) is 5.82 Å². The van der Waals surface area contributed by atoms with Gasteiger partial charge in [-0.05, 0) is 36.6 Å². The van der Waals surface area contributed by atoms with Gasteiger partial charge in [0.25, 0.3) is 5.91 Å². The second kappa shape index (κ2) is 7.93. The molecule has 0 saturated heterocycles. The van der Waals surface area contributed by atoms with E-state index >= 15 is 0 Å². The van der Waals surface area contributed by atoms with Crippen molar-refractivity contribution in [3.05, 3.63) is 84.8 Å². The number of nitrogens with one attached hydrogen (secondary N) is 1. The van der Waals surface area contributed by atoms with Crippen LogP contribution in [0.5, 0.6) is 0 Å². The van der Waals surface area contributed by atoms with Gasteiger partial charge >= 0.3 is 5.97 Å². The molecule has 4 rings (SSSR count). The molecule has 0 bridgehead atoms. The summed E-state index contributed by atoms with van der Waals surface area (Å²) >= 11 is 0. The molecule has 1 atom stereocenters. The first kappa shape index (κ1) is 18.4. The number of carbonyl (C=O) groups excluding carboxylic acids is 2. The number of hydrogen-bond acceptors (Lipinski definition) is 5. The lowest BCUT2D eigenvalue weighted by Crippen LogP contribution is -2.30. The van der Waals surface area contributed by atoms with Crippen LogP contribution >= 0.6 is 0 Å². The lowest BCUT2D eigenvalue weighted by molar-refractivity contribution is -0.123. The molecular formula is C22H18N4O3. The molecule has 29 heavy (non-hydrogen) atoms. The lowest BCUT2D eigenvalue weighted by Gasteiger charge is -2.15. The number of anilines is 1. The number of nitrogens with zero attached hydrogens (tertiary/aromatic N) is 3. The number of amides is 1. The molecule has 0 saturated carbocycles. The van der Waals surface area contributed by atoms with Crippen LogP contribution in [0, 0.1) is 0 Å². The predicted molar refractivity (Wildman–Crippen MR) is 109 cm³/mol. The second-order valence-corrected chi connectivity index (χ2v) is 6.42. The van der Waals surface area contributed by atoms with Gasteiger partial charge in [-0.3, -0.25) is 4.79 Å². The quantitative estimate of drug-likeness (QED) is 0.530. The van der Waals surface area contributed by atoms with Crippen molar-refractivity contribution < 1.29 is 14.3 Å². The van der Waals surface area contributed by atoms with Crippen molar-refractivity contribution in [2.24, 2.45) is 0 Å². The smallest absolute Gasteiger partial charge is 0.340 e. The molecule has 7 nitrogen and oxygen atoms in total. The molecule has 2 aromatic carbocycles. The zero-order valence-electron chi connectivity index (χ0n) is 15.6. The number of esters is 1. The van der Waals surface area contributed by atoms with Gasteiger partial charge in [-0.1, -0.05) is 36.4 Å². The van der Waals surface area contributed by atoms with E-state index in [1.54, 1.807) is 35.3 Å². The van der Waals surface area contributed by atoms with Crippen LogP contribution < -0.4 is 5.32 Å². The SMILES string of the molecule is CC(OC(=O)c1ccc(-n2cccn2)nc1)C(=O)Nc1cccc2ccccc12. The first-order valence-corrected chi connectivity index (χ1v) is 9.07. The number of hydrogen-bond donors (Lipinski definition) is 1. The van der Waals surface area contributed by atoms with Gasteiger partial charge in [-0.15, -0.1) is 0 Å². The zero-order valence-corrected chi connectivity index (χ0v) is 15.6. The van der Waals surface area contributed by atoms with Crippen LogP contribution in [0.15, 0.2) is 79.3 Å². The summed E-state index contributed by atoms with van der Waals surface area (Å²) in [6.45, 7) is 1.53. The molecule has 1 N–H and O–H groups in total. The second-order valence-electron chi connectivity index (χ2n) is 6.42. The van der Waals surface area contributed by atoms with Crippen molar-refractivity contribution in [2.45, 2.75) is 13.0 Å². The summed E-state index contributed by atoms with van der Waals surface area (Å²) in [4.78, 5) is 29.1. The fraction of sp³-hybridized carbons (Fsp3) is 0.0909. The number of pyridine rings is 1. The Kier molecular flexibility index (Phi) is 5.03. The highest BCUT2D eigenvalue weighted by Gasteiger charge is 2.20. The van der Waals surface area contributed by atoms with Crippen LogP contribution in [-0.2, 0) is 9.53 Å². The van der Waals surface area contributed by atoms with Crippen molar-refractivity contribution in [1.82, 2.24) is 14.8 Å². The summed E-state index contributed by atoms with van der Waals surface area (Å²) in [5, 5.41) is 8.83. The minimum absolute atomic E-state index is 0.255. The number of carbonyl (C=O) groups is 2. The highest BCUT2D eigenvalue weighted by molar-refractivity contribution is 6.04. The summed E-state index contributed by atoms with van der Waals surface area (Å²) in [6, 6.07) is 18.4. The Balaban J connectivity index is 1.42. The average Bonchev–Trinajstić information content (AvgIpc) is 3.29. The third-order valence-corrected chi connectivity index (χ3v) is 4.42. The highest BCUT2D eigenvalue weighted by Crippen LogP contribution is 2.23. The van der Waals surface area contributed by atoms with Crippen molar-refractivity contribution in [3.63, 3.8) is 0 Å². The molecule has 0 aliphatic heterocycles. The number of aromatic nitrogens is 3. The Hall–Kier alpha value is -4.00. The summed E-state index contributed by atoms with van der Waals surface area (Å²) in [5.74, 6) is -0.450. The summed E-state index contributed by atoms with van der Waals surface area (Å²) in [6.07, 6.45) is 3.82. The van der Waals surface area contributed by atoms with E-state index in [0.717, 1.165) is 10.8 Å². The van der Waals surface area contributed by atoms with Gasteiger partial charge in [0.05, 0.1) is 5.56 Å². The number of fused-ring (bicyclic) bond motifs is 1. The van der Waals surface area contributed by atoms with Crippen LogP contribution in [0.25, 0.3) is 16.6 Å². The van der Waals surface area contributed by atoms with E-state index < -0.39 is 18.0 Å². The Morgan fingerprint density at radius 3 is 2.62 bits per heavy atom. The van der Waals surface area contributed by atoms with Crippen LogP contribution in [-0.4, -0.2) is 32.7 Å².